The number of amides is 1. The Morgan fingerprint density at radius 1 is 1.07 bits per heavy atom. The molecule has 0 unspecified atom stereocenters. The second kappa shape index (κ2) is 9.74. The normalized spacial score (nSPS) is 11.1. The summed E-state index contributed by atoms with van der Waals surface area (Å²) in [4.78, 5) is 19.9. The molecule has 0 saturated carbocycles. The summed E-state index contributed by atoms with van der Waals surface area (Å²) in [6.45, 7) is 6.45. The van der Waals surface area contributed by atoms with Crippen molar-refractivity contribution >= 4 is 28.5 Å². The average molecular weight is 398 g/mol. The quantitative estimate of drug-likeness (QED) is 0.448. The van der Waals surface area contributed by atoms with Crippen molar-refractivity contribution in [3.05, 3.63) is 64.9 Å². The van der Waals surface area contributed by atoms with Gasteiger partial charge in [-0.25, -0.2) is 4.98 Å². The first-order valence-electron chi connectivity index (χ1n) is 10.1. The van der Waals surface area contributed by atoms with Gasteiger partial charge in [0.1, 0.15) is 5.82 Å². The van der Waals surface area contributed by atoms with Gasteiger partial charge < -0.3 is 9.47 Å². The zero-order chi connectivity index (χ0) is 19.9. The van der Waals surface area contributed by atoms with Crippen molar-refractivity contribution in [3.63, 3.8) is 0 Å². The van der Waals surface area contributed by atoms with Crippen molar-refractivity contribution in [2.24, 2.45) is 0 Å². The third-order valence-electron chi connectivity index (χ3n) is 4.94. The van der Waals surface area contributed by atoms with Crippen LogP contribution in [0, 0.1) is 0 Å². The molecule has 0 spiro atoms. The molecular weight excluding hydrogens is 370 g/mol. The Morgan fingerprint density at radius 2 is 1.86 bits per heavy atom. The summed E-state index contributed by atoms with van der Waals surface area (Å²) in [7, 11) is 0. The van der Waals surface area contributed by atoms with Gasteiger partial charge in [0, 0.05) is 23.7 Å². The van der Waals surface area contributed by atoms with Gasteiger partial charge in [-0.3, -0.25) is 4.79 Å². The van der Waals surface area contributed by atoms with Crippen LogP contribution in [0.15, 0.2) is 48.5 Å². The van der Waals surface area contributed by atoms with E-state index in [0.29, 0.717) is 23.7 Å². The molecule has 1 heterocycles. The maximum absolute atomic E-state index is 13.2. The van der Waals surface area contributed by atoms with Crippen molar-refractivity contribution in [2.45, 2.75) is 52.6 Å². The van der Waals surface area contributed by atoms with Crippen LogP contribution in [-0.4, -0.2) is 26.9 Å². The molecule has 1 aromatic heterocycles. The Balaban J connectivity index is 1.93. The Kier molecular flexibility index (Phi) is 7.10. The number of benzene rings is 2. The predicted molar refractivity (Wildman–Crippen MR) is 116 cm³/mol. The lowest BCUT2D eigenvalue weighted by Gasteiger charge is -2.23. The van der Waals surface area contributed by atoms with Crippen molar-refractivity contribution in [2.75, 3.05) is 6.54 Å². The van der Waals surface area contributed by atoms with E-state index in [1.54, 1.807) is 12.1 Å². The average Bonchev–Trinajstić information content (AvgIpc) is 3.06. The van der Waals surface area contributed by atoms with Crippen LogP contribution in [0.5, 0.6) is 0 Å². The van der Waals surface area contributed by atoms with Crippen LogP contribution in [0.25, 0.3) is 11.0 Å². The lowest BCUT2D eigenvalue weighted by atomic mass is 10.2. The molecule has 3 rings (SSSR count). The number of unbranched alkanes of at least 4 members (excludes halogenated alkanes) is 2. The SMILES string of the molecule is CCCCN(Cc1nc2ccccc2n1CCCC)C(=O)c1cccc(Cl)c1. The molecule has 0 N–H and O–H groups in total. The molecule has 0 atom stereocenters. The van der Waals surface area contributed by atoms with Crippen LogP contribution in [0.3, 0.4) is 0 Å². The van der Waals surface area contributed by atoms with E-state index in [1.807, 2.05) is 35.2 Å². The molecule has 0 fully saturated rings. The topological polar surface area (TPSA) is 38.1 Å². The molecule has 1 amide bonds. The fraction of sp³-hybridized carbons (Fsp3) is 0.391. The number of halogens is 1. The van der Waals surface area contributed by atoms with Crippen LogP contribution >= 0.6 is 11.6 Å². The van der Waals surface area contributed by atoms with Crippen LogP contribution in [0.1, 0.15) is 55.7 Å². The number of carbonyl (C=O) groups is 1. The van der Waals surface area contributed by atoms with Crippen LogP contribution < -0.4 is 0 Å². The van der Waals surface area contributed by atoms with E-state index in [1.165, 1.54) is 0 Å². The summed E-state index contributed by atoms with van der Waals surface area (Å²) in [5.41, 5.74) is 2.75. The van der Waals surface area contributed by atoms with Crippen LogP contribution in [0.4, 0.5) is 0 Å². The van der Waals surface area contributed by atoms with E-state index in [2.05, 4.69) is 24.5 Å². The minimum absolute atomic E-state index is 0.00467. The lowest BCUT2D eigenvalue weighted by molar-refractivity contribution is 0.0734. The number of nitrogens with zero attached hydrogens (tertiary/aromatic N) is 3. The zero-order valence-electron chi connectivity index (χ0n) is 16.7. The Morgan fingerprint density at radius 3 is 2.61 bits per heavy atom. The first-order valence-corrected chi connectivity index (χ1v) is 10.5. The van der Waals surface area contributed by atoms with Crippen molar-refractivity contribution in [1.82, 2.24) is 14.5 Å². The molecule has 0 radical (unpaired) electrons. The highest BCUT2D eigenvalue weighted by atomic mass is 35.5. The minimum atomic E-state index is 0.00467. The summed E-state index contributed by atoms with van der Waals surface area (Å²) < 4.78 is 2.27. The first-order chi connectivity index (χ1) is 13.6. The van der Waals surface area contributed by atoms with Crippen LogP contribution in [0.2, 0.25) is 5.02 Å². The molecule has 28 heavy (non-hydrogen) atoms. The van der Waals surface area contributed by atoms with Gasteiger partial charge in [-0.15, -0.1) is 0 Å². The van der Waals surface area contributed by atoms with E-state index in [9.17, 15) is 4.79 Å². The number of aryl methyl sites for hydroxylation is 1. The lowest BCUT2D eigenvalue weighted by Crippen LogP contribution is -2.32. The van der Waals surface area contributed by atoms with Gasteiger partial charge in [0.05, 0.1) is 17.6 Å². The summed E-state index contributed by atoms with van der Waals surface area (Å²) in [6.07, 6.45) is 4.20. The van der Waals surface area contributed by atoms with Gasteiger partial charge in [-0.2, -0.15) is 0 Å². The Bertz CT molecular complexity index is 934. The van der Waals surface area contributed by atoms with Crippen molar-refractivity contribution in [1.29, 1.82) is 0 Å². The van der Waals surface area contributed by atoms with E-state index in [-0.39, 0.29) is 5.91 Å². The van der Waals surface area contributed by atoms with Gasteiger partial charge in [-0.05, 0) is 43.2 Å². The standard InChI is InChI=1S/C23H28ClN3O/c1-3-5-14-26(23(28)18-10-9-11-19(24)16-18)17-22-25-20-12-7-8-13-21(20)27(22)15-6-4-2/h7-13,16H,3-6,14-15,17H2,1-2H3. The maximum Gasteiger partial charge on any atom is 0.254 e. The Labute approximate surface area is 172 Å². The maximum atomic E-state index is 13.2. The Hall–Kier alpha value is -2.33. The number of hydrogen-bond acceptors (Lipinski definition) is 2. The monoisotopic (exact) mass is 397 g/mol. The minimum Gasteiger partial charge on any atom is -0.331 e. The number of para-hydroxylation sites is 2. The summed E-state index contributed by atoms with van der Waals surface area (Å²) in [6, 6.07) is 15.4. The molecule has 0 aliphatic carbocycles. The molecular formula is C23H28ClN3O. The molecule has 0 saturated heterocycles. The highest BCUT2D eigenvalue weighted by molar-refractivity contribution is 6.30. The van der Waals surface area contributed by atoms with Gasteiger partial charge in [0.25, 0.3) is 5.91 Å². The third-order valence-corrected chi connectivity index (χ3v) is 5.18. The first kappa shape index (κ1) is 20.4. The number of carbonyl (C=O) groups excluding carboxylic acids is 1. The number of rotatable bonds is 9. The van der Waals surface area contributed by atoms with Crippen LogP contribution in [-0.2, 0) is 13.1 Å². The number of hydrogen-bond donors (Lipinski definition) is 0. The van der Waals surface area contributed by atoms with E-state index in [4.69, 9.17) is 16.6 Å². The van der Waals surface area contributed by atoms with Gasteiger partial charge >= 0.3 is 0 Å². The van der Waals surface area contributed by atoms with Gasteiger partial charge in [0.2, 0.25) is 0 Å². The summed E-state index contributed by atoms with van der Waals surface area (Å²) >= 11 is 6.11. The third kappa shape index (κ3) is 4.74. The second-order valence-corrected chi connectivity index (χ2v) is 7.55. The number of aromatic nitrogens is 2. The summed E-state index contributed by atoms with van der Waals surface area (Å²) in [5.74, 6) is 0.950. The smallest absolute Gasteiger partial charge is 0.254 e. The fourth-order valence-corrected chi connectivity index (χ4v) is 3.58. The van der Waals surface area contributed by atoms with Crippen molar-refractivity contribution < 1.29 is 4.79 Å². The predicted octanol–water partition coefficient (Wildman–Crippen LogP) is 5.93. The molecule has 3 aromatic rings. The van der Waals surface area contributed by atoms with Gasteiger partial charge in [0.15, 0.2) is 0 Å². The van der Waals surface area contributed by atoms with Gasteiger partial charge in [-0.1, -0.05) is 56.5 Å². The molecule has 4 nitrogen and oxygen atoms in total. The molecule has 0 bridgehead atoms. The number of fused-ring (bicyclic) bond motifs is 1. The van der Waals surface area contributed by atoms with E-state index >= 15 is 0 Å². The van der Waals surface area contributed by atoms with E-state index in [0.717, 1.165) is 49.1 Å². The molecule has 148 valence electrons. The zero-order valence-corrected chi connectivity index (χ0v) is 17.5. The second-order valence-electron chi connectivity index (χ2n) is 7.11. The largest absolute Gasteiger partial charge is 0.331 e. The molecule has 2 aromatic carbocycles. The van der Waals surface area contributed by atoms with Crippen molar-refractivity contribution in [3.8, 4) is 0 Å². The fourth-order valence-electron chi connectivity index (χ4n) is 3.39. The molecule has 0 aliphatic heterocycles. The highest BCUT2D eigenvalue weighted by Crippen LogP contribution is 2.20. The van der Waals surface area contributed by atoms with E-state index < -0.39 is 0 Å². The highest BCUT2D eigenvalue weighted by Gasteiger charge is 2.20. The molecule has 5 heteroatoms. The molecule has 0 aliphatic rings. The number of imidazole rings is 1. The summed E-state index contributed by atoms with van der Waals surface area (Å²) in [5, 5.41) is 0.580.